The van der Waals surface area contributed by atoms with E-state index in [4.69, 9.17) is 4.74 Å². The van der Waals surface area contributed by atoms with Gasteiger partial charge >= 0.3 is 12.1 Å². The Kier molecular flexibility index (Phi) is 8.62. The van der Waals surface area contributed by atoms with Crippen molar-refractivity contribution < 1.29 is 41.4 Å². The minimum Gasteiger partial charge on any atom is -0.490 e. The summed E-state index contributed by atoms with van der Waals surface area (Å²) in [6.07, 6.45) is 4.44. The van der Waals surface area contributed by atoms with E-state index >= 15 is 0 Å². The van der Waals surface area contributed by atoms with Crippen molar-refractivity contribution in [2.75, 3.05) is 13.1 Å². The van der Waals surface area contributed by atoms with Crippen molar-refractivity contribution in [2.24, 2.45) is 23.7 Å². The van der Waals surface area contributed by atoms with Crippen LogP contribution in [0, 0.1) is 23.7 Å². The molecule has 0 spiro atoms. The summed E-state index contributed by atoms with van der Waals surface area (Å²) in [7, 11) is 0. The molecule has 52 heavy (non-hydrogen) atoms. The molecule has 2 N–H and O–H groups in total. The Labute approximate surface area is 299 Å². The predicted molar refractivity (Wildman–Crippen MR) is 183 cm³/mol. The number of likely N-dealkylation sites (tertiary alicyclic amines) is 1. The first-order valence-electron chi connectivity index (χ1n) is 18.7. The number of pyridine rings is 1. The van der Waals surface area contributed by atoms with Gasteiger partial charge in [-0.15, -0.1) is 0 Å². The minimum absolute atomic E-state index is 0.0553. The van der Waals surface area contributed by atoms with Crippen molar-refractivity contribution in [3.63, 3.8) is 0 Å². The monoisotopic (exact) mass is 728 g/mol. The van der Waals surface area contributed by atoms with E-state index in [1.807, 2.05) is 27.8 Å². The van der Waals surface area contributed by atoms with Crippen LogP contribution in [0.5, 0.6) is 5.75 Å². The maximum Gasteiger partial charge on any atom is 0.434 e. The van der Waals surface area contributed by atoms with Crippen molar-refractivity contribution >= 4 is 22.8 Å². The Bertz CT molecular complexity index is 1870. The van der Waals surface area contributed by atoms with E-state index in [0.29, 0.717) is 41.9 Å². The number of carbonyl (C=O) groups excluding carboxylic acids is 1. The molecule has 4 aliphatic carbocycles. The van der Waals surface area contributed by atoms with Crippen LogP contribution in [-0.4, -0.2) is 68.1 Å². The number of carbonyl (C=O) groups is 2. The Morgan fingerprint density at radius 2 is 1.65 bits per heavy atom. The minimum atomic E-state index is -4.98. The number of halogens is 5. The highest BCUT2D eigenvalue weighted by Gasteiger charge is 2.57. The van der Waals surface area contributed by atoms with E-state index < -0.39 is 46.7 Å². The fraction of sp³-hybridized carbons (Fsp3) is 0.615. The molecule has 1 aromatic carbocycles. The number of hydrogen-bond donors (Lipinski definition) is 2. The van der Waals surface area contributed by atoms with Crippen LogP contribution < -0.4 is 10.1 Å². The van der Waals surface area contributed by atoms with Gasteiger partial charge in [-0.1, -0.05) is 13.8 Å². The summed E-state index contributed by atoms with van der Waals surface area (Å²) in [6.45, 7) is 3.46. The summed E-state index contributed by atoms with van der Waals surface area (Å²) in [4.78, 5) is 32.6. The topological polar surface area (TPSA) is 96.7 Å². The van der Waals surface area contributed by atoms with Crippen LogP contribution in [0.15, 0.2) is 36.5 Å². The summed E-state index contributed by atoms with van der Waals surface area (Å²) in [5.74, 6) is -4.50. The van der Waals surface area contributed by atoms with Crippen LogP contribution in [0.3, 0.4) is 0 Å². The van der Waals surface area contributed by atoms with Gasteiger partial charge in [-0.2, -0.15) is 13.2 Å². The number of alkyl halides is 5. The Balaban J connectivity index is 1.06. The molecule has 2 bridgehead atoms. The van der Waals surface area contributed by atoms with Crippen molar-refractivity contribution in [3.05, 3.63) is 47.8 Å². The van der Waals surface area contributed by atoms with Crippen LogP contribution in [-0.2, 0) is 11.0 Å². The third kappa shape index (κ3) is 6.34. The smallest absolute Gasteiger partial charge is 0.434 e. The molecule has 8 nitrogen and oxygen atoms in total. The summed E-state index contributed by atoms with van der Waals surface area (Å²) < 4.78 is 79.3. The molecule has 3 heterocycles. The number of rotatable bonds is 8. The molecule has 1 aliphatic heterocycles. The van der Waals surface area contributed by atoms with E-state index in [1.165, 1.54) is 6.07 Å². The maximum atomic E-state index is 14.7. The van der Waals surface area contributed by atoms with Crippen LogP contribution in [0.4, 0.5) is 22.0 Å². The average Bonchev–Trinajstić information content (AvgIpc) is 3.85. The fourth-order valence-corrected chi connectivity index (χ4v) is 10.0. The molecule has 5 atom stereocenters. The molecule has 8 rings (SSSR count). The van der Waals surface area contributed by atoms with Gasteiger partial charge in [0, 0.05) is 35.3 Å². The lowest BCUT2D eigenvalue weighted by molar-refractivity contribution is -0.155. The van der Waals surface area contributed by atoms with Gasteiger partial charge in [-0.25, -0.2) is 18.6 Å². The summed E-state index contributed by atoms with van der Waals surface area (Å²) >= 11 is 0. The first-order chi connectivity index (χ1) is 24.6. The van der Waals surface area contributed by atoms with Gasteiger partial charge in [0.05, 0.1) is 36.0 Å². The van der Waals surface area contributed by atoms with Gasteiger partial charge in [0.15, 0.2) is 5.69 Å². The van der Waals surface area contributed by atoms with Gasteiger partial charge in [0.2, 0.25) is 0 Å². The van der Waals surface area contributed by atoms with Crippen LogP contribution in [0.2, 0.25) is 0 Å². The number of ether oxygens (including phenoxy) is 1. The zero-order valence-electron chi connectivity index (χ0n) is 29.4. The molecule has 1 amide bonds. The second-order valence-electron chi connectivity index (χ2n) is 16.4. The van der Waals surface area contributed by atoms with Gasteiger partial charge in [0.25, 0.3) is 11.8 Å². The van der Waals surface area contributed by atoms with Gasteiger partial charge in [-0.05, 0) is 112 Å². The van der Waals surface area contributed by atoms with Crippen molar-refractivity contribution in [1.29, 1.82) is 0 Å². The van der Waals surface area contributed by atoms with Gasteiger partial charge in [-0.3, -0.25) is 9.69 Å². The number of aromatic nitrogens is 2. The number of fused-ring (bicyclic) bond motifs is 3. The number of hydrogen-bond acceptors (Lipinski definition) is 5. The lowest BCUT2D eigenvalue weighted by atomic mass is 9.56. The van der Waals surface area contributed by atoms with Crippen LogP contribution in [0.25, 0.3) is 22.2 Å². The Morgan fingerprint density at radius 1 is 0.942 bits per heavy atom. The standard InChI is InChI=1S/C39H45F5N4O4/c1-21-13-23-15-22(2)38(36(50)51,24(14-21)16-23)46-35(49)30-11-12-32(45-34(30)39(42,43)44)31-18-48(26-3-4-26)33-17-28(9-10-29(31)33)52-27-7-5-25(6-8-27)47-19-37(40,41)20-47/h9-12,17-18,21-27H,3-8,13-16,19-20H2,1-2H3,(H,46,49)(H,50,51)/t21?,22?,23?,24?,25-,27-,38?. The molecule has 5 aliphatic rings. The fourth-order valence-electron chi connectivity index (χ4n) is 10.0. The largest absolute Gasteiger partial charge is 0.490 e. The van der Waals surface area contributed by atoms with Gasteiger partial charge < -0.3 is 19.7 Å². The molecule has 1 saturated heterocycles. The number of carboxylic acids is 1. The number of carboxylic acid groups (broad SMARTS) is 1. The highest BCUT2D eigenvalue weighted by atomic mass is 19.4. The molecule has 280 valence electrons. The number of nitrogens with zero attached hydrogens (tertiary/aromatic N) is 3. The number of benzene rings is 1. The molecule has 2 aromatic heterocycles. The van der Waals surface area contributed by atoms with E-state index in [2.05, 4.69) is 17.2 Å². The van der Waals surface area contributed by atoms with Gasteiger partial charge in [0.1, 0.15) is 11.3 Å². The summed E-state index contributed by atoms with van der Waals surface area (Å²) in [5.41, 5.74) is -2.38. The highest BCUT2D eigenvalue weighted by Crippen LogP contribution is 2.51. The van der Waals surface area contributed by atoms with Crippen molar-refractivity contribution in [1.82, 2.24) is 19.8 Å². The first kappa shape index (κ1) is 35.3. The molecule has 0 radical (unpaired) electrons. The molecule has 5 fully saturated rings. The maximum absolute atomic E-state index is 14.7. The SMILES string of the molecule is CC1CC2CC(C)C(NC(=O)c3ccc(-c4cn(C5CC5)c5cc(O[C@H]6CC[C@H](N7CC(F)(F)C7)CC6)ccc45)nc3C(F)(F)F)(C(=O)O)C(C1)C2. The van der Waals surface area contributed by atoms with Crippen LogP contribution in [0.1, 0.15) is 100 Å². The molecular formula is C39H45F5N4O4. The average molecular weight is 729 g/mol. The van der Waals surface area contributed by atoms with E-state index in [1.54, 1.807) is 13.0 Å². The van der Waals surface area contributed by atoms with Crippen molar-refractivity contribution in [3.8, 4) is 17.0 Å². The summed E-state index contributed by atoms with van der Waals surface area (Å²) in [5, 5.41) is 13.8. The molecule has 5 unspecified atom stereocenters. The Hall–Kier alpha value is -3.74. The normalized spacial score (nSPS) is 31.9. The van der Waals surface area contributed by atoms with E-state index in [0.717, 1.165) is 56.5 Å². The molecular weight excluding hydrogens is 683 g/mol. The highest BCUT2D eigenvalue weighted by molar-refractivity contribution is 6.00. The number of amides is 1. The van der Waals surface area contributed by atoms with Crippen molar-refractivity contribution in [2.45, 2.75) is 114 Å². The Morgan fingerprint density at radius 3 is 2.31 bits per heavy atom. The zero-order chi connectivity index (χ0) is 36.7. The predicted octanol–water partition coefficient (Wildman–Crippen LogP) is 8.34. The summed E-state index contributed by atoms with van der Waals surface area (Å²) in [6, 6.07) is 8.37. The van der Waals surface area contributed by atoms with E-state index in [-0.39, 0.29) is 48.8 Å². The second kappa shape index (κ2) is 12.7. The number of nitrogens with one attached hydrogen (secondary N) is 1. The van der Waals surface area contributed by atoms with Crippen LogP contribution >= 0.6 is 0 Å². The lowest BCUT2D eigenvalue weighted by Crippen LogP contribution is -2.66. The quantitative estimate of drug-likeness (QED) is 0.227. The third-order valence-electron chi connectivity index (χ3n) is 12.6. The lowest BCUT2D eigenvalue weighted by Gasteiger charge is -2.52. The van der Waals surface area contributed by atoms with E-state index in [9.17, 15) is 36.6 Å². The first-order valence-corrected chi connectivity index (χ1v) is 18.7. The number of aliphatic carboxylic acids is 1. The molecule has 13 heteroatoms. The second-order valence-corrected chi connectivity index (χ2v) is 16.4. The molecule has 3 aromatic rings. The third-order valence-corrected chi connectivity index (χ3v) is 12.6. The molecule has 4 saturated carbocycles. The zero-order valence-corrected chi connectivity index (χ0v) is 29.4.